The Hall–Kier alpha value is -1.53. The Morgan fingerprint density at radius 3 is 0.727 bits per heavy atom. The van der Waals surface area contributed by atoms with Crippen molar-refractivity contribution in [2.75, 3.05) is 14.2 Å². The molecule has 3 heteroatoms. The molecule has 0 aliphatic heterocycles. The first kappa shape index (κ1) is 31.5. The van der Waals surface area contributed by atoms with Crippen LogP contribution in [0.3, 0.4) is 0 Å². The minimum Gasteiger partial charge on any atom is -0.496 e. The standard InChI is InChI=1S/2C15H24O.P/c2*1-14(2,3)11-9-8-10-12(13(11)16-7)15(4,5)6;/h2*8-10H,1-7H3;. The van der Waals surface area contributed by atoms with Crippen molar-refractivity contribution in [3.05, 3.63) is 58.7 Å². The number of ether oxygens (including phenoxy) is 2. The van der Waals surface area contributed by atoms with E-state index in [0.717, 1.165) is 11.5 Å². The van der Waals surface area contributed by atoms with Crippen LogP contribution in [0.2, 0.25) is 0 Å². The minimum atomic E-state index is 0. The average Bonchev–Trinajstić information content (AvgIpc) is 2.64. The SMILES string of the molecule is COc1c(C(C)(C)C)cccc1C(C)(C)C.COc1c(C(C)(C)C)cccc1C(C)(C)C.[P]. The molecule has 2 aromatic carbocycles. The quantitative estimate of drug-likeness (QED) is 0.406. The number of methoxy groups -OCH3 is 2. The summed E-state index contributed by atoms with van der Waals surface area (Å²) in [7, 11) is 3.53. The third-order valence-corrected chi connectivity index (χ3v) is 5.67. The summed E-state index contributed by atoms with van der Waals surface area (Å²) in [6, 6.07) is 12.9. The highest BCUT2D eigenvalue weighted by atomic mass is 31.0. The van der Waals surface area contributed by atoms with Crippen LogP contribution in [0.5, 0.6) is 11.5 Å². The molecule has 0 fully saturated rings. The van der Waals surface area contributed by atoms with Gasteiger partial charge in [-0.2, -0.15) is 0 Å². The molecule has 2 aromatic rings. The lowest BCUT2D eigenvalue weighted by Crippen LogP contribution is -2.18. The summed E-state index contributed by atoms with van der Waals surface area (Å²) in [5.74, 6) is 2.09. The van der Waals surface area contributed by atoms with Gasteiger partial charge in [-0.15, -0.1) is 0 Å². The van der Waals surface area contributed by atoms with Crippen LogP contribution in [0.1, 0.15) is 105 Å². The second kappa shape index (κ2) is 11.3. The van der Waals surface area contributed by atoms with Gasteiger partial charge < -0.3 is 9.47 Å². The summed E-state index contributed by atoms with van der Waals surface area (Å²) in [5, 5.41) is 0. The van der Waals surface area contributed by atoms with Crippen molar-refractivity contribution in [1.82, 2.24) is 0 Å². The highest BCUT2D eigenvalue weighted by molar-refractivity contribution is 6.92. The molecule has 0 bridgehead atoms. The largest absolute Gasteiger partial charge is 0.496 e. The van der Waals surface area contributed by atoms with Crippen molar-refractivity contribution < 1.29 is 9.47 Å². The zero-order chi connectivity index (χ0) is 25.1. The summed E-state index contributed by atoms with van der Waals surface area (Å²) in [4.78, 5) is 0. The lowest BCUT2D eigenvalue weighted by atomic mass is 9.79. The maximum absolute atomic E-state index is 5.63. The molecular formula is C30H48O2P. The molecule has 3 radical (unpaired) electrons. The van der Waals surface area contributed by atoms with Gasteiger partial charge in [-0.1, -0.05) is 119 Å². The van der Waals surface area contributed by atoms with Crippen LogP contribution < -0.4 is 9.47 Å². The van der Waals surface area contributed by atoms with Crippen LogP contribution >= 0.6 is 9.90 Å². The summed E-state index contributed by atoms with van der Waals surface area (Å²) >= 11 is 0. The minimum absolute atomic E-state index is 0. The van der Waals surface area contributed by atoms with Gasteiger partial charge in [-0.05, 0) is 43.9 Å². The Kier molecular flexibility index (Phi) is 10.7. The van der Waals surface area contributed by atoms with Crippen LogP contribution in [-0.4, -0.2) is 14.2 Å². The first-order chi connectivity index (χ1) is 14.4. The fourth-order valence-corrected chi connectivity index (χ4v) is 3.88. The second-order valence-electron chi connectivity index (χ2n) is 12.8. The molecule has 0 heterocycles. The Bertz CT molecular complexity index is 745. The molecule has 0 saturated heterocycles. The molecule has 0 saturated carbocycles. The molecule has 2 rings (SSSR count). The number of hydrogen-bond acceptors (Lipinski definition) is 2. The van der Waals surface area contributed by atoms with Crippen molar-refractivity contribution >= 4 is 9.90 Å². The summed E-state index contributed by atoms with van der Waals surface area (Å²) in [5.41, 5.74) is 5.59. The summed E-state index contributed by atoms with van der Waals surface area (Å²) in [6.45, 7) is 26.6. The molecular weight excluding hydrogens is 423 g/mol. The monoisotopic (exact) mass is 471 g/mol. The van der Waals surface area contributed by atoms with Crippen molar-refractivity contribution in [2.45, 2.75) is 105 Å². The molecule has 0 aliphatic carbocycles. The van der Waals surface area contributed by atoms with Gasteiger partial charge in [0.25, 0.3) is 0 Å². The van der Waals surface area contributed by atoms with E-state index in [1.807, 2.05) is 0 Å². The predicted molar refractivity (Wildman–Crippen MR) is 148 cm³/mol. The molecule has 0 N–H and O–H groups in total. The van der Waals surface area contributed by atoms with Crippen molar-refractivity contribution in [1.29, 1.82) is 0 Å². The third kappa shape index (κ3) is 8.32. The van der Waals surface area contributed by atoms with E-state index >= 15 is 0 Å². The van der Waals surface area contributed by atoms with Crippen LogP contribution in [-0.2, 0) is 21.7 Å². The Labute approximate surface area is 208 Å². The Morgan fingerprint density at radius 1 is 0.424 bits per heavy atom. The maximum atomic E-state index is 5.63. The number of benzene rings is 2. The van der Waals surface area contributed by atoms with Crippen molar-refractivity contribution in [3.63, 3.8) is 0 Å². The molecule has 0 atom stereocenters. The van der Waals surface area contributed by atoms with E-state index in [1.54, 1.807) is 14.2 Å². The zero-order valence-corrected chi connectivity index (χ0v) is 24.6. The average molecular weight is 472 g/mol. The van der Waals surface area contributed by atoms with Gasteiger partial charge in [0.15, 0.2) is 0 Å². The maximum Gasteiger partial charge on any atom is 0.126 e. The number of hydrogen-bond donors (Lipinski definition) is 0. The highest BCUT2D eigenvalue weighted by Gasteiger charge is 2.26. The van der Waals surface area contributed by atoms with Crippen molar-refractivity contribution in [2.24, 2.45) is 0 Å². The van der Waals surface area contributed by atoms with Gasteiger partial charge in [0, 0.05) is 9.90 Å². The fraction of sp³-hybridized carbons (Fsp3) is 0.600. The van der Waals surface area contributed by atoms with Gasteiger partial charge in [0.1, 0.15) is 11.5 Å². The number of rotatable bonds is 2. The lowest BCUT2D eigenvalue weighted by Gasteiger charge is -2.28. The van der Waals surface area contributed by atoms with Crippen molar-refractivity contribution in [3.8, 4) is 11.5 Å². The lowest BCUT2D eigenvalue weighted by molar-refractivity contribution is 0.381. The normalized spacial score (nSPS) is 12.3. The topological polar surface area (TPSA) is 18.5 Å². The van der Waals surface area contributed by atoms with Gasteiger partial charge in [0.05, 0.1) is 14.2 Å². The molecule has 0 spiro atoms. The second-order valence-corrected chi connectivity index (χ2v) is 12.8. The van der Waals surface area contributed by atoms with E-state index < -0.39 is 0 Å². The van der Waals surface area contributed by atoms with E-state index in [0.29, 0.717) is 0 Å². The Morgan fingerprint density at radius 2 is 0.606 bits per heavy atom. The smallest absolute Gasteiger partial charge is 0.126 e. The van der Waals surface area contributed by atoms with Crippen LogP contribution in [0, 0.1) is 0 Å². The molecule has 0 amide bonds. The molecule has 33 heavy (non-hydrogen) atoms. The summed E-state index contributed by atoms with van der Waals surface area (Å²) < 4.78 is 11.3. The fourth-order valence-electron chi connectivity index (χ4n) is 3.88. The first-order valence-electron chi connectivity index (χ1n) is 11.7. The molecule has 0 unspecified atom stereocenters. The first-order valence-corrected chi connectivity index (χ1v) is 11.7. The van der Waals surface area contributed by atoms with Gasteiger partial charge >= 0.3 is 0 Å². The third-order valence-electron chi connectivity index (χ3n) is 5.67. The van der Waals surface area contributed by atoms with Gasteiger partial charge in [-0.25, -0.2) is 0 Å². The van der Waals surface area contributed by atoms with Crippen LogP contribution in [0.15, 0.2) is 36.4 Å². The predicted octanol–water partition coefficient (Wildman–Crippen LogP) is 9.44. The van der Waals surface area contributed by atoms with E-state index in [1.165, 1.54) is 22.3 Å². The van der Waals surface area contributed by atoms with E-state index in [9.17, 15) is 0 Å². The van der Waals surface area contributed by atoms with Gasteiger partial charge in [0.2, 0.25) is 0 Å². The van der Waals surface area contributed by atoms with E-state index in [4.69, 9.17) is 9.47 Å². The highest BCUT2D eigenvalue weighted by Crippen LogP contribution is 2.40. The van der Waals surface area contributed by atoms with E-state index in [-0.39, 0.29) is 31.6 Å². The molecule has 0 aromatic heterocycles. The molecule has 0 aliphatic rings. The summed E-state index contributed by atoms with van der Waals surface area (Å²) in [6.07, 6.45) is 0. The Balaban J connectivity index is 0.000000602. The van der Waals surface area contributed by atoms with E-state index in [2.05, 4.69) is 119 Å². The van der Waals surface area contributed by atoms with Crippen LogP contribution in [0.4, 0.5) is 0 Å². The molecule has 185 valence electrons. The van der Waals surface area contributed by atoms with Gasteiger partial charge in [-0.3, -0.25) is 0 Å². The number of para-hydroxylation sites is 2. The molecule has 2 nitrogen and oxygen atoms in total. The van der Waals surface area contributed by atoms with Crippen LogP contribution in [0.25, 0.3) is 0 Å². The zero-order valence-electron chi connectivity index (χ0n) is 23.7.